The summed E-state index contributed by atoms with van der Waals surface area (Å²) < 4.78 is 13.4. The molecular formula is C9H11BrFN. The van der Waals surface area contributed by atoms with Gasteiger partial charge in [-0.05, 0) is 33.0 Å². The molecule has 0 saturated carbocycles. The van der Waals surface area contributed by atoms with E-state index in [-0.39, 0.29) is 5.41 Å². The Morgan fingerprint density at radius 1 is 1.42 bits per heavy atom. The third kappa shape index (κ3) is 1.83. The molecule has 12 heavy (non-hydrogen) atoms. The van der Waals surface area contributed by atoms with Crippen molar-refractivity contribution in [2.24, 2.45) is 0 Å². The fourth-order valence-electron chi connectivity index (χ4n) is 0.997. The third-order valence-electron chi connectivity index (χ3n) is 1.65. The smallest absolute Gasteiger partial charge is 0.227 e. The van der Waals surface area contributed by atoms with Gasteiger partial charge in [0.25, 0.3) is 0 Å². The molecule has 0 bridgehead atoms. The van der Waals surface area contributed by atoms with Crippen LogP contribution < -0.4 is 0 Å². The first-order valence-corrected chi connectivity index (χ1v) is 4.52. The maximum atomic E-state index is 13.0. The van der Waals surface area contributed by atoms with E-state index in [1.165, 1.54) is 6.20 Å². The molecule has 0 saturated heterocycles. The average molecular weight is 232 g/mol. The second-order valence-corrected chi connectivity index (χ2v) is 4.51. The monoisotopic (exact) mass is 231 g/mol. The van der Waals surface area contributed by atoms with Gasteiger partial charge in [0.15, 0.2) is 0 Å². The van der Waals surface area contributed by atoms with E-state index in [1.54, 1.807) is 0 Å². The Bertz CT molecular complexity index is 291. The molecule has 0 aliphatic heterocycles. The maximum Gasteiger partial charge on any atom is 0.227 e. The highest BCUT2D eigenvalue weighted by molar-refractivity contribution is 9.10. The Kier molecular flexibility index (Phi) is 2.52. The first-order valence-electron chi connectivity index (χ1n) is 3.73. The summed E-state index contributed by atoms with van der Waals surface area (Å²) in [5.41, 5.74) is 0.887. The number of nitrogens with zero attached hydrogens (tertiary/aromatic N) is 1. The van der Waals surface area contributed by atoms with Crippen molar-refractivity contribution in [3.05, 3.63) is 28.2 Å². The SMILES string of the molecule is CC(C)(C)c1ccnc(F)c1Br. The fraction of sp³-hybridized carbons (Fsp3) is 0.444. The number of pyridine rings is 1. The molecule has 0 spiro atoms. The van der Waals surface area contributed by atoms with E-state index in [0.29, 0.717) is 4.47 Å². The molecule has 0 amide bonds. The lowest BCUT2D eigenvalue weighted by molar-refractivity contribution is 0.543. The van der Waals surface area contributed by atoms with Crippen molar-refractivity contribution in [2.45, 2.75) is 26.2 Å². The van der Waals surface area contributed by atoms with E-state index in [1.807, 2.05) is 26.8 Å². The predicted molar refractivity (Wildman–Crippen MR) is 50.6 cm³/mol. The van der Waals surface area contributed by atoms with Gasteiger partial charge in [-0.1, -0.05) is 20.8 Å². The van der Waals surface area contributed by atoms with E-state index in [2.05, 4.69) is 20.9 Å². The van der Waals surface area contributed by atoms with E-state index < -0.39 is 5.95 Å². The molecule has 1 heterocycles. The molecule has 0 atom stereocenters. The fourth-order valence-corrected chi connectivity index (χ4v) is 1.83. The molecule has 0 radical (unpaired) electrons. The summed E-state index contributed by atoms with van der Waals surface area (Å²) >= 11 is 3.18. The van der Waals surface area contributed by atoms with Gasteiger partial charge in [0.05, 0.1) is 4.47 Å². The lowest BCUT2D eigenvalue weighted by Gasteiger charge is -2.20. The summed E-state index contributed by atoms with van der Waals surface area (Å²) in [4.78, 5) is 3.54. The van der Waals surface area contributed by atoms with Crippen molar-refractivity contribution in [3.8, 4) is 0 Å². The number of hydrogen-bond donors (Lipinski definition) is 0. The predicted octanol–water partition coefficient (Wildman–Crippen LogP) is 3.28. The second-order valence-electron chi connectivity index (χ2n) is 3.71. The molecule has 0 aliphatic carbocycles. The number of halogens is 2. The van der Waals surface area contributed by atoms with Crippen LogP contribution >= 0.6 is 15.9 Å². The van der Waals surface area contributed by atoms with Crippen LogP contribution in [-0.4, -0.2) is 4.98 Å². The van der Waals surface area contributed by atoms with Crippen LogP contribution in [0.2, 0.25) is 0 Å². The molecular weight excluding hydrogens is 221 g/mol. The van der Waals surface area contributed by atoms with Crippen LogP contribution in [0.4, 0.5) is 4.39 Å². The van der Waals surface area contributed by atoms with Gasteiger partial charge in [-0.3, -0.25) is 0 Å². The zero-order valence-corrected chi connectivity index (χ0v) is 8.94. The summed E-state index contributed by atoms with van der Waals surface area (Å²) in [5.74, 6) is -0.442. The average Bonchev–Trinajstić information content (AvgIpc) is 1.92. The van der Waals surface area contributed by atoms with Crippen LogP contribution in [0.25, 0.3) is 0 Å². The lowest BCUT2D eigenvalue weighted by Crippen LogP contribution is -2.12. The Morgan fingerprint density at radius 3 is 2.42 bits per heavy atom. The minimum absolute atomic E-state index is 0.0530. The van der Waals surface area contributed by atoms with Gasteiger partial charge >= 0.3 is 0 Å². The van der Waals surface area contributed by atoms with Gasteiger partial charge < -0.3 is 0 Å². The molecule has 0 N–H and O–H groups in total. The number of aromatic nitrogens is 1. The van der Waals surface area contributed by atoms with E-state index in [9.17, 15) is 4.39 Å². The van der Waals surface area contributed by atoms with Gasteiger partial charge in [-0.15, -0.1) is 0 Å². The summed E-state index contributed by atoms with van der Waals surface area (Å²) in [7, 11) is 0. The van der Waals surface area contributed by atoms with Gasteiger partial charge in [-0.2, -0.15) is 4.39 Å². The summed E-state index contributed by atoms with van der Waals surface area (Å²) in [6.45, 7) is 6.10. The molecule has 0 aliphatic rings. The standard InChI is InChI=1S/C9H11BrFN/c1-9(2,3)6-4-5-12-8(11)7(6)10/h4-5H,1-3H3. The lowest BCUT2D eigenvalue weighted by atomic mass is 9.88. The minimum Gasteiger partial charge on any atom is -0.227 e. The Morgan fingerprint density at radius 2 is 2.00 bits per heavy atom. The van der Waals surface area contributed by atoms with Crippen LogP contribution in [0.3, 0.4) is 0 Å². The van der Waals surface area contributed by atoms with E-state index in [0.717, 1.165) is 5.56 Å². The van der Waals surface area contributed by atoms with Crippen molar-refractivity contribution in [1.29, 1.82) is 0 Å². The zero-order chi connectivity index (χ0) is 9.35. The molecule has 3 heteroatoms. The maximum absolute atomic E-state index is 13.0. The number of hydrogen-bond acceptors (Lipinski definition) is 1. The van der Waals surface area contributed by atoms with Crippen molar-refractivity contribution in [1.82, 2.24) is 4.98 Å². The highest BCUT2D eigenvalue weighted by Crippen LogP contribution is 2.29. The minimum atomic E-state index is -0.442. The normalized spacial score (nSPS) is 11.8. The van der Waals surface area contributed by atoms with Crippen LogP contribution in [0.15, 0.2) is 16.7 Å². The van der Waals surface area contributed by atoms with Crippen molar-refractivity contribution in [2.75, 3.05) is 0 Å². The van der Waals surface area contributed by atoms with Crippen LogP contribution in [0.5, 0.6) is 0 Å². The molecule has 1 aromatic heterocycles. The summed E-state index contributed by atoms with van der Waals surface area (Å²) in [5, 5.41) is 0. The van der Waals surface area contributed by atoms with Crippen LogP contribution in [0.1, 0.15) is 26.3 Å². The largest absolute Gasteiger partial charge is 0.227 e. The Balaban J connectivity index is 3.26. The molecule has 1 rings (SSSR count). The van der Waals surface area contributed by atoms with Gasteiger partial charge in [0.2, 0.25) is 5.95 Å². The van der Waals surface area contributed by atoms with Gasteiger partial charge in [0.1, 0.15) is 0 Å². The van der Waals surface area contributed by atoms with E-state index >= 15 is 0 Å². The molecule has 1 nitrogen and oxygen atoms in total. The van der Waals surface area contributed by atoms with Gasteiger partial charge in [-0.25, -0.2) is 4.98 Å². The quantitative estimate of drug-likeness (QED) is 0.625. The summed E-state index contributed by atoms with van der Waals surface area (Å²) in [6.07, 6.45) is 1.49. The zero-order valence-electron chi connectivity index (χ0n) is 7.36. The highest BCUT2D eigenvalue weighted by Gasteiger charge is 2.19. The number of rotatable bonds is 0. The summed E-state index contributed by atoms with van der Waals surface area (Å²) in [6, 6.07) is 1.83. The first-order chi connectivity index (χ1) is 5.43. The van der Waals surface area contributed by atoms with Gasteiger partial charge in [0, 0.05) is 6.20 Å². The molecule has 66 valence electrons. The Labute approximate surface area is 80.1 Å². The molecule has 0 aromatic carbocycles. The van der Waals surface area contributed by atoms with Crippen molar-refractivity contribution >= 4 is 15.9 Å². The topological polar surface area (TPSA) is 12.9 Å². The van der Waals surface area contributed by atoms with Crippen LogP contribution in [-0.2, 0) is 5.41 Å². The Hall–Kier alpha value is -0.440. The third-order valence-corrected chi connectivity index (χ3v) is 2.41. The molecule has 0 fully saturated rings. The second kappa shape index (κ2) is 3.13. The first kappa shape index (κ1) is 9.65. The van der Waals surface area contributed by atoms with E-state index in [4.69, 9.17) is 0 Å². The van der Waals surface area contributed by atoms with Crippen molar-refractivity contribution < 1.29 is 4.39 Å². The molecule has 1 aromatic rings. The van der Waals surface area contributed by atoms with Crippen molar-refractivity contribution in [3.63, 3.8) is 0 Å². The highest BCUT2D eigenvalue weighted by atomic mass is 79.9. The van der Waals surface area contributed by atoms with Crippen LogP contribution in [0, 0.1) is 5.95 Å². The molecule has 0 unspecified atom stereocenters.